The minimum atomic E-state index is -0.988. The molecule has 112 valence electrons. The molecular formula is C16H19NO4. The lowest BCUT2D eigenvalue weighted by Gasteiger charge is -2.34. The highest BCUT2D eigenvalue weighted by Crippen LogP contribution is 2.31. The summed E-state index contributed by atoms with van der Waals surface area (Å²) in [4.78, 5) is 25.3. The van der Waals surface area contributed by atoms with Crippen molar-refractivity contribution in [2.75, 3.05) is 19.8 Å². The summed E-state index contributed by atoms with van der Waals surface area (Å²) < 4.78 is 5.40. The van der Waals surface area contributed by atoms with Gasteiger partial charge in [-0.2, -0.15) is 0 Å². The summed E-state index contributed by atoms with van der Waals surface area (Å²) in [6.07, 6.45) is 3.03. The van der Waals surface area contributed by atoms with Crippen LogP contribution in [0.1, 0.15) is 30.0 Å². The molecule has 1 atom stereocenters. The Hall–Kier alpha value is -1.88. The SMILES string of the molecule is O=C(O)C1c2ccccc2CCN1C(=O)COCC1CC1. The molecule has 21 heavy (non-hydrogen) atoms. The van der Waals surface area contributed by atoms with Crippen LogP contribution in [0.3, 0.4) is 0 Å². The van der Waals surface area contributed by atoms with Crippen LogP contribution >= 0.6 is 0 Å². The van der Waals surface area contributed by atoms with Gasteiger partial charge in [0.05, 0.1) is 6.61 Å². The lowest BCUT2D eigenvalue weighted by molar-refractivity contribution is -0.153. The van der Waals surface area contributed by atoms with Crippen molar-refractivity contribution in [1.82, 2.24) is 4.90 Å². The zero-order chi connectivity index (χ0) is 14.8. The van der Waals surface area contributed by atoms with Crippen LogP contribution in [0.4, 0.5) is 0 Å². The molecule has 1 heterocycles. The first-order valence-electron chi connectivity index (χ1n) is 7.34. The van der Waals surface area contributed by atoms with Crippen molar-refractivity contribution in [3.63, 3.8) is 0 Å². The smallest absolute Gasteiger partial charge is 0.331 e. The van der Waals surface area contributed by atoms with Crippen LogP contribution in [0.25, 0.3) is 0 Å². The number of benzene rings is 1. The Morgan fingerprint density at radius 2 is 2.05 bits per heavy atom. The molecule has 1 aromatic carbocycles. The molecule has 0 saturated heterocycles. The lowest BCUT2D eigenvalue weighted by Crippen LogP contribution is -2.45. The minimum absolute atomic E-state index is 0.0254. The molecule has 0 aromatic heterocycles. The standard InChI is InChI=1S/C16H19NO4/c18-14(10-21-9-11-5-6-11)17-8-7-12-3-1-2-4-13(12)15(17)16(19)20/h1-4,11,15H,5-10H2,(H,19,20). The zero-order valence-electron chi connectivity index (χ0n) is 11.8. The largest absolute Gasteiger partial charge is 0.479 e. The Morgan fingerprint density at radius 3 is 2.76 bits per heavy atom. The third-order valence-corrected chi connectivity index (χ3v) is 4.11. The van der Waals surface area contributed by atoms with Crippen LogP contribution < -0.4 is 0 Å². The number of rotatable bonds is 5. The molecule has 0 spiro atoms. The Balaban J connectivity index is 1.71. The molecule has 0 bridgehead atoms. The van der Waals surface area contributed by atoms with Gasteiger partial charge in [0.1, 0.15) is 6.61 Å². The normalized spacial score (nSPS) is 21.0. The molecule has 1 saturated carbocycles. The van der Waals surface area contributed by atoms with Gasteiger partial charge in [0, 0.05) is 6.54 Å². The number of hydrogen-bond donors (Lipinski definition) is 1. The summed E-state index contributed by atoms with van der Waals surface area (Å²) in [6.45, 7) is 1.01. The monoisotopic (exact) mass is 289 g/mol. The number of carboxylic acids is 1. The van der Waals surface area contributed by atoms with Crippen LogP contribution in [-0.2, 0) is 20.7 Å². The van der Waals surface area contributed by atoms with Crippen LogP contribution in [0.15, 0.2) is 24.3 Å². The van der Waals surface area contributed by atoms with Gasteiger partial charge in [-0.3, -0.25) is 4.79 Å². The number of carboxylic acid groups (broad SMARTS) is 1. The average Bonchev–Trinajstić information content (AvgIpc) is 3.29. The molecule has 1 aliphatic heterocycles. The highest BCUT2D eigenvalue weighted by molar-refractivity contribution is 5.86. The highest BCUT2D eigenvalue weighted by Gasteiger charge is 2.35. The Bertz CT molecular complexity index is 553. The van der Waals surface area contributed by atoms with E-state index in [9.17, 15) is 14.7 Å². The van der Waals surface area contributed by atoms with E-state index in [0.717, 1.165) is 5.56 Å². The maximum Gasteiger partial charge on any atom is 0.331 e. The second-order valence-corrected chi connectivity index (χ2v) is 5.74. The molecule has 3 rings (SSSR count). The summed E-state index contributed by atoms with van der Waals surface area (Å²) in [5, 5.41) is 9.49. The van der Waals surface area contributed by atoms with Crippen molar-refractivity contribution in [3.05, 3.63) is 35.4 Å². The summed E-state index contributed by atoms with van der Waals surface area (Å²) in [6, 6.07) is 6.53. The van der Waals surface area contributed by atoms with Gasteiger partial charge in [0.25, 0.3) is 0 Å². The molecule has 1 fully saturated rings. The van der Waals surface area contributed by atoms with E-state index in [-0.39, 0.29) is 12.5 Å². The third-order valence-electron chi connectivity index (χ3n) is 4.11. The molecule has 1 aliphatic carbocycles. The van der Waals surface area contributed by atoms with Gasteiger partial charge >= 0.3 is 5.97 Å². The van der Waals surface area contributed by atoms with E-state index in [2.05, 4.69) is 0 Å². The summed E-state index contributed by atoms with van der Waals surface area (Å²) in [5.74, 6) is -0.634. The maximum atomic E-state index is 12.3. The molecule has 1 unspecified atom stereocenters. The van der Waals surface area contributed by atoms with E-state index in [0.29, 0.717) is 31.1 Å². The van der Waals surface area contributed by atoms with E-state index >= 15 is 0 Å². The fraction of sp³-hybridized carbons (Fsp3) is 0.500. The predicted octanol–water partition coefficient (Wildman–Crippen LogP) is 1.62. The molecule has 0 radical (unpaired) electrons. The quantitative estimate of drug-likeness (QED) is 0.894. The number of aliphatic carboxylic acids is 1. The van der Waals surface area contributed by atoms with Crippen LogP contribution in [0, 0.1) is 5.92 Å². The van der Waals surface area contributed by atoms with Crippen molar-refractivity contribution < 1.29 is 19.4 Å². The average molecular weight is 289 g/mol. The first kappa shape index (κ1) is 14.1. The Morgan fingerprint density at radius 1 is 1.29 bits per heavy atom. The van der Waals surface area contributed by atoms with Gasteiger partial charge in [-0.05, 0) is 36.3 Å². The molecular weight excluding hydrogens is 270 g/mol. The number of amides is 1. The summed E-state index contributed by atoms with van der Waals surface area (Å²) in [5.41, 5.74) is 1.72. The van der Waals surface area contributed by atoms with E-state index in [1.807, 2.05) is 18.2 Å². The van der Waals surface area contributed by atoms with Gasteiger partial charge < -0.3 is 14.7 Å². The van der Waals surface area contributed by atoms with Crippen molar-refractivity contribution in [1.29, 1.82) is 0 Å². The van der Waals surface area contributed by atoms with Crippen LogP contribution in [0.2, 0.25) is 0 Å². The van der Waals surface area contributed by atoms with E-state index in [1.165, 1.54) is 17.7 Å². The molecule has 2 aliphatic rings. The number of fused-ring (bicyclic) bond motifs is 1. The lowest BCUT2D eigenvalue weighted by atomic mass is 9.92. The second kappa shape index (κ2) is 5.85. The fourth-order valence-electron chi connectivity index (χ4n) is 2.78. The molecule has 5 heteroatoms. The van der Waals surface area contributed by atoms with Gasteiger partial charge in [-0.25, -0.2) is 4.79 Å². The van der Waals surface area contributed by atoms with Crippen LogP contribution in [0.5, 0.6) is 0 Å². The minimum Gasteiger partial charge on any atom is -0.479 e. The number of carbonyl (C=O) groups is 2. The predicted molar refractivity (Wildman–Crippen MR) is 75.8 cm³/mol. The van der Waals surface area contributed by atoms with Gasteiger partial charge in [0.15, 0.2) is 6.04 Å². The fourth-order valence-corrected chi connectivity index (χ4v) is 2.78. The molecule has 1 N–H and O–H groups in total. The number of hydrogen-bond acceptors (Lipinski definition) is 3. The van der Waals surface area contributed by atoms with E-state index < -0.39 is 12.0 Å². The first-order valence-corrected chi connectivity index (χ1v) is 7.34. The molecule has 1 aromatic rings. The van der Waals surface area contributed by atoms with Crippen molar-refractivity contribution in [3.8, 4) is 0 Å². The topological polar surface area (TPSA) is 66.8 Å². The van der Waals surface area contributed by atoms with Gasteiger partial charge in [-0.15, -0.1) is 0 Å². The zero-order valence-corrected chi connectivity index (χ0v) is 11.8. The number of nitrogens with zero attached hydrogens (tertiary/aromatic N) is 1. The van der Waals surface area contributed by atoms with Crippen LogP contribution in [-0.4, -0.2) is 41.6 Å². The molecule has 5 nitrogen and oxygen atoms in total. The number of carbonyl (C=O) groups excluding carboxylic acids is 1. The van der Waals surface area contributed by atoms with E-state index in [4.69, 9.17) is 4.74 Å². The Labute approximate surface area is 123 Å². The maximum absolute atomic E-state index is 12.3. The third kappa shape index (κ3) is 3.08. The number of ether oxygens (including phenoxy) is 1. The second-order valence-electron chi connectivity index (χ2n) is 5.74. The summed E-state index contributed by atoms with van der Waals surface area (Å²) in [7, 11) is 0. The van der Waals surface area contributed by atoms with Gasteiger partial charge in [-0.1, -0.05) is 24.3 Å². The van der Waals surface area contributed by atoms with Crippen molar-refractivity contribution in [2.45, 2.75) is 25.3 Å². The van der Waals surface area contributed by atoms with Gasteiger partial charge in [0.2, 0.25) is 5.91 Å². The first-order chi connectivity index (χ1) is 10.2. The summed E-state index contributed by atoms with van der Waals surface area (Å²) >= 11 is 0. The molecule has 1 amide bonds. The highest BCUT2D eigenvalue weighted by atomic mass is 16.5. The van der Waals surface area contributed by atoms with Crippen molar-refractivity contribution in [2.24, 2.45) is 5.92 Å². The van der Waals surface area contributed by atoms with Crippen molar-refractivity contribution >= 4 is 11.9 Å². The van der Waals surface area contributed by atoms with E-state index in [1.54, 1.807) is 6.07 Å². The Kier molecular flexibility index (Phi) is 3.92.